The van der Waals surface area contributed by atoms with Crippen LogP contribution < -0.4 is 10.6 Å². The van der Waals surface area contributed by atoms with Crippen LogP contribution >= 0.6 is 22.7 Å². The molecule has 3 aromatic rings. The first-order valence-corrected chi connectivity index (χ1v) is 8.70. The molecule has 5 nitrogen and oxygen atoms in total. The molecule has 1 atom stereocenters. The number of carbonyl (C=O) groups excluding carboxylic acids is 1. The summed E-state index contributed by atoms with van der Waals surface area (Å²) in [6.07, 6.45) is 3.66. The number of rotatable bonds is 6. The Balaban J connectivity index is 1.56. The Labute approximate surface area is 136 Å². The Morgan fingerprint density at radius 3 is 2.91 bits per heavy atom. The fraction of sp³-hybridized carbons (Fsp3) is 0.200. The Morgan fingerprint density at radius 2 is 2.23 bits per heavy atom. The smallest absolute Gasteiger partial charge is 0.315 e. The topological polar surface area (TPSA) is 59.0 Å². The van der Waals surface area contributed by atoms with Gasteiger partial charge in [0.25, 0.3) is 0 Å². The molecule has 2 N–H and O–H groups in total. The highest BCUT2D eigenvalue weighted by atomic mass is 32.1. The molecular weight excluding hydrogens is 316 g/mol. The molecule has 0 aliphatic carbocycles. The maximum Gasteiger partial charge on any atom is 0.315 e. The minimum absolute atomic E-state index is 0.00809. The van der Waals surface area contributed by atoms with Crippen molar-refractivity contribution in [3.63, 3.8) is 0 Å². The summed E-state index contributed by atoms with van der Waals surface area (Å²) in [7, 11) is 0. The van der Waals surface area contributed by atoms with Gasteiger partial charge in [-0.05, 0) is 39.9 Å². The largest absolute Gasteiger partial charge is 0.336 e. The molecule has 0 fully saturated rings. The predicted octanol–water partition coefficient (Wildman–Crippen LogP) is 3.09. The second-order valence-corrected chi connectivity index (χ2v) is 6.51. The third-order valence-corrected chi connectivity index (χ3v) is 4.81. The molecule has 22 heavy (non-hydrogen) atoms. The highest BCUT2D eigenvalue weighted by Gasteiger charge is 2.15. The Kier molecular flexibility index (Phi) is 4.87. The molecule has 7 heteroatoms. The van der Waals surface area contributed by atoms with Crippen LogP contribution in [-0.2, 0) is 6.54 Å². The molecule has 0 aliphatic heterocycles. The number of nitrogens with zero attached hydrogens (tertiary/aromatic N) is 2. The average molecular weight is 332 g/mol. The third-order valence-electron chi connectivity index (χ3n) is 3.23. The number of hydrogen-bond acceptors (Lipinski definition) is 4. The predicted molar refractivity (Wildman–Crippen MR) is 89.2 cm³/mol. The van der Waals surface area contributed by atoms with E-state index >= 15 is 0 Å². The summed E-state index contributed by atoms with van der Waals surface area (Å²) >= 11 is 3.27. The van der Waals surface area contributed by atoms with Gasteiger partial charge in [-0.15, -0.1) is 11.3 Å². The zero-order chi connectivity index (χ0) is 15.2. The minimum Gasteiger partial charge on any atom is -0.336 e. The molecule has 3 aromatic heterocycles. The van der Waals surface area contributed by atoms with Gasteiger partial charge < -0.3 is 10.6 Å². The molecule has 0 aliphatic rings. The summed E-state index contributed by atoms with van der Waals surface area (Å²) in [6, 6.07) is 7.76. The second-order valence-electron chi connectivity index (χ2n) is 4.70. The Morgan fingerprint density at radius 1 is 1.27 bits per heavy atom. The lowest BCUT2D eigenvalue weighted by Crippen LogP contribution is -2.38. The number of hydrogen-bond donors (Lipinski definition) is 2. The highest BCUT2D eigenvalue weighted by Crippen LogP contribution is 2.19. The van der Waals surface area contributed by atoms with Gasteiger partial charge in [0.2, 0.25) is 0 Å². The van der Waals surface area contributed by atoms with Gasteiger partial charge in [-0.2, -0.15) is 16.4 Å². The Hall–Kier alpha value is -2.12. The van der Waals surface area contributed by atoms with Crippen molar-refractivity contribution in [3.05, 3.63) is 63.2 Å². The first kappa shape index (κ1) is 14.8. The summed E-state index contributed by atoms with van der Waals surface area (Å²) in [5, 5.41) is 16.2. The summed E-state index contributed by atoms with van der Waals surface area (Å²) in [4.78, 5) is 13.1. The maximum atomic E-state index is 11.9. The summed E-state index contributed by atoms with van der Waals surface area (Å²) < 4.78 is 1.86. The van der Waals surface area contributed by atoms with Crippen molar-refractivity contribution in [1.82, 2.24) is 20.4 Å². The average Bonchev–Trinajstić information content (AvgIpc) is 3.27. The van der Waals surface area contributed by atoms with Crippen LogP contribution in [0.25, 0.3) is 0 Å². The van der Waals surface area contributed by atoms with Crippen molar-refractivity contribution < 1.29 is 4.79 Å². The number of aromatic nitrogens is 2. The van der Waals surface area contributed by atoms with Crippen molar-refractivity contribution >= 4 is 28.7 Å². The lowest BCUT2D eigenvalue weighted by molar-refractivity contribution is 0.239. The van der Waals surface area contributed by atoms with Crippen LogP contribution in [0.5, 0.6) is 0 Å². The zero-order valence-corrected chi connectivity index (χ0v) is 13.4. The van der Waals surface area contributed by atoms with E-state index in [-0.39, 0.29) is 12.1 Å². The van der Waals surface area contributed by atoms with E-state index in [0.717, 1.165) is 10.4 Å². The fourth-order valence-electron chi connectivity index (χ4n) is 2.13. The molecule has 114 valence electrons. The van der Waals surface area contributed by atoms with E-state index < -0.39 is 0 Å². The van der Waals surface area contributed by atoms with Crippen molar-refractivity contribution in [2.75, 3.05) is 6.54 Å². The van der Waals surface area contributed by atoms with Crippen molar-refractivity contribution in [2.24, 2.45) is 0 Å². The molecular formula is C15H16N4OS2. The summed E-state index contributed by atoms with van der Waals surface area (Å²) in [6.45, 7) is 1.04. The van der Waals surface area contributed by atoms with Crippen LogP contribution in [0, 0.1) is 0 Å². The highest BCUT2D eigenvalue weighted by molar-refractivity contribution is 7.09. The molecule has 3 rings (SSSR count). The van der Waals surface area contributed by atoms with Crippen molar-refractivity contribution in [3.8, 4) is 0 Å². The lowest BCUT2D eigenvalue weighted by atomic mass is 10.1. The van der Waals surface area contributed by atoms with Crippen molar-refractivity contribution in [2.45, 2.75) is 12.6 Å². The fourth-order valence-corrected chi connectivity index (χ4v) is 3.48. The van der Waals surface area contributed by atoms with Gasteiger partial charge in [0.15, 0.2) is 0 Å². The molecule has 0 spiro atoms. The SMILES string of the molecule is O=C(NCc1cccs1)NC[C@H](c1ccsc1)n1cccn1. The van der Waals surface area contributed by atoms with Gasteiger partial charge in [0.1, 0.15) is 0 Å². The van der Waals surface area contributed by atoms with E-state index in [2.05, 4.69) is 27.2 Å². The van der Waals surface area contributed by atoms with Crippen LogP contribution in [0.15, 0.2) is 52.8 Å². The number of urea groups is 1. The van der Waals surface area contributed by atoms with Crippen LogP contribution in [-0.4, -0.2) is 22.4 Å². The maximum absolute atomic E-state index is 11.9. The van der Waals surface area contributed by atoms with Crippen LogP contribution in [0.1, 0.15) is 16.5 Å². The van der Waals surface area contributed by atoms with E-state index in [1.165, 1.54) is 0 Å². The van der Waals surface area contributed by atoms with Crippen LogP contribution in [0.2, 0.25) is 0 Å². The summed E-state index contributed by atoms with van der Waals surface area (Å²) in [5.41, 5.74) is 1.15. The van der Waals surface area contributed by atoms with Gasteiger partial charge in [0.05, 0.1) is 12.6 Å². The van der Waals surface area contributed by atoms with E-state index in [1.807, 2.05) is 39.8 Å². The monoisotopic (exact) mass is 332 g/mol. The van der Waals surface area contributed by atoms with Gasteiger partial charge in [0, 0.05) is 23.8 Å². The Bertz CT molecular complexity index is 643. The standard InChI is InChI=1S/C15H16N4OS2/c20-15(16-9-13-3-1-7-22-13)17-10-14(12-4-8-21-11-12)19-6-2-5-18-19/h1-8,11,14H,9-10H2,(H2,16,17,20)/t14-/m1/s1. The normalized spacial score (nSPS) is 12.0. The summed E-state index contributed by atoms with van der Waals surface area (Å²) in [5.74, 6) is 0. The molecule has 2 amide bonds. The second kappa shape index (κ2) is 7.24. The van der Waals surface area contributed by atoms with Gasteiger partial charge >= 0.3 is 6.03 Å². The zero-order valence-electron chi connectivity index (χ0n) is 11.8. The van der Waals surface area contributed by atoms with E-state index in [0.29, 0.717) is 13.1 Å². The number of thiophene rings is 2. The first-order valence-electron chi connectivity index (χ1n) is 6.88. The molecule has 0 bridgehead atoms. The lowest BCUT2D eigenvalue weighted by Gasteiger charge is -2.17. The molecule has 0 saturated heterocycles. The molecule has 0 aromatic carbocycles. The van der Waals surface area contributed by atoms with E-state index in [4.69, 9.17) is 0 Å². The molecule has 0 unspecified atom stereocenters. The quantitative estimate of drug-likeness (QED) is 0.729. The number of nitrogens with one attached hydrogen (secondary N) is 2. The number of amides is 2. The van der Waals surface area contributed by atoms with Gasteiger partial charge in [-0.25, -0.2) is 4.79 Å². The number of carbonyl (C=O) groups is 1. The molecule has 3 heterocycles. The third kappa shape index (κ3) is 3.75. The molecule has 0 radical (unpaired) electrons. The van der Waals surface area contributed by atoms with E-state index in [9.17, 15) is 4.79 Å². The van der Waals surface area contributed by atoms with Crippen LogP contribution in [0.4, 0.5) is 4.79 Å². The van der Waals surface area contributed by atoms with Gasteiger partial charge in [-0.1, -0.05) is 6.07 Å². The van der Waals surface area contributed by atoms with Crippen molar-refractivity contribution in [1.29, 1.82) is 0 Å². The molecule has 0 saturated carbocycles. The van der Waals surface area contributed by atoms with E-state index in [1.54, 1.807) is 28.9 Å². The minimum atomic E-state index is -0.166. The van der Waals surface area contributed by atoms with Crippen LogP contribution in [0.3, 0.4) is 0 Å². The van der Waals surface area contributed by atoms with Gasteiger partial charge in [-0.3, -0.25) is 4.68 Å². The first-order chi connectivity index (χ1) is 10.8.